The first-order valence-corrected chi connectivity index (χ1v) is 10.9. The van der Waals surface area contributed by atoms with Gasteiger partial charge in [-0.3, -0.25) is 4.98 Å². The molecule has 0 radical (unpaired) electrons. The summed E-state index contributed by atoms with van der Waals surface area (Å²) in [7, 11) is 0. The van der Waals surface area contributed by atoms with Crippen molar-refractivity contribution in [3.8, 4) is 11.1 Å². The molecule has 0 bridgehead atoms. The number of carbonyl (C=O) groups is 1. The van der Waals surface area contributed by atoms with Crippen LogP contribution in [0.5, 0.6) is 0 Å². The Morgan fingerprint density at radius 1 is 1.25 bits per heavy atom. The van der Waals surface area contributed by atoms with Gasteiger partial charge in [0.25, 0.3) is 0 Å². The molecule has 0 saturated carbocycles. The summed E-state index contributed by atoms with van der Waals surface area (Å²) in [6, 6.07) is 8.46. The maximum absolute atomic E-state index is 11.3. The zero-order chi connectivity index (χ0) is 22.7. The van der Waals surface area contributed by atoms with Gasteiger partial charge in [-0.2, -0.15) is 0 Å². The maximum atomic E-state index is 11.3. The summed E-state index contributed by atoms with van der Waals surface area (Å²) in [6.45, 7) is 7.27. The highest BCUT2D eigenvalue weighted by Gasteiger charge is 2.24. The second-order valence-electron chi connectivity index (χ2n) is 8.88. The molecule has 1 aliphatic heterocycles. The van der Waals surface area contributed by atoms with E-state index in [0.717, 1.165) is 47.0 Å². The molecule has 3 aromatic rings. The van der Waals surface area contributed by atoms with E-state index in [4.69, 9.17) is 4.74 Å². The number of anilines is 1. The van der Waals surface area contributed by atoms with Crippen LogP contribution in [0, 0.1) is 0 Å². The van der Waals surface area contributed by atoms with Gasteiger partial charge < -0.3 is 20.5 Å². The molecule has 1 atom stereocenters. The molecule has 1 amide bonds. The fourth-order valence-electron chi connectivity index (χ4n) is 4.25. The number of hydrogen-bond donors (Lipinski definition) is 3. The summed E-state index contributed by atoms with van der Waals surface area (Å²) in [5.41, 5.74) is 4.34. The lowest BCUT2D eigenvalue weighted by Gasteiger charge is -2.25. The smallest absolute Gasteiger partial charge is 0.405 e. The third-order valence-corrected chi connectivity index (χ3v) is 5.73. The normalized spacial score (nSPS) is 16.3. The van der Waals surface area contributed by atoms with Crippen LogP contribution in [0.1, 0.15) is 38.3 Å². The molecule has 1 aromatic carbocycles. The van der Waals surface area contributed by atoms with Gasteiger partial charge in [0.1, 0.15) is 5.82 Å². The van der Waals surface area contributed by atoms with E-state index < -0.39 is 11.6 Å². The molecule has 2 aromatic heterocycles. The minimum absolute atomic E-state index is 0.230. The van der Waals surface area contributed by atoms with Gasteiger partial charge in [-0.25, -0.2) is 4.79 Å². The highest BCUT2D eigenvalue weighted by molar-refractivity contribution is 5.89. The Bertz CT molecular complexity index is 1130. The van der Waals surface area contributed by atoms with Crippen LogP contribution in [0.2, 0.25) is 0 Å². The Balaban J connectivity index is 1.80. The van der Waals surface area contributed by atoms with Crippen LogP contribution in [0.25, 0.3) is 22.0 Å². The molecule has 168 valence electrons. The van der Waals surface area contributed by atoms with E-state index in [2.05, 4.69) is 44.9 Å². The lowest BCUT2D eigenvalue weighted by atomic mass is 9.90. The number of ether oxygens (including phenoxy) is 1. The van der Waals surface area contributed by atoms with Gasteiger partial charge in [0.2, 0.25) is 0 Å². The number of rotatable bonds is 7. The Morgan fingerprint density at radius 3 is 2.81 bits per heavy atom. The first-order chi connectivity index (χ1) is 15.3. The van der Waals surface area contributed by atoms with E-state index in [-0.39, 0.29) is 6.04 Å². The predicted octanol–water partition coefficient (Wildman–Crippen LogP) is 4.04. The van der Waals surface area contributed by atoms with Crippen molar-refractivity contribution in [1.29, 1.82) is 0 Å². The van der Waals surface area contributed by atoms with Crippen molar-refractivity contribution in [3.63, 3.8) is 0 Å². The molecule has 1 unspecified atom stereocenters. The fraction of sp³-hybridized carbons (Fsp3) is 0.417. The van der Waals surface area contributed by atoms with Crippen molar-refractivity contribution in [1.82, 2.24) is 20.5 Å². The molecule has 4 rings (SSSR count). The standard InChI is InChI=1S/C24H29N5O3/c1-4-15-5-7-25-13-20(15)16-9-17-11-21(26-19-6-8-32-14-19)28-29-22(17)18(10-16)12-24(2,3)27-23(30)31/h5,7,9-11,13,19,27H,4,6,8,12,14H2,1-3H3,(H,26,28)(H,30,31). The third-order valence-electron chi connectivity index (χ3n) is 5.73. The summed E-state index contributed by atoms with van der Waals surface area (Å²) < 4.78 is 5.45. The van der Waals surface area contributed by atoms with Crippen molar-refractivity contribution in [2.45, 2.75) is 51.6 Å². The second-order valence-corrected chi connectivity index (χ2v) is 8.88. The number of aromatic nitrogens is 3. The summed E-state index contributed by atoms with van der Waals surface area (Å²) in [4.78, 5) is 15.6. The Kier molecular flexibility index (Phi) is 6.23. The number of nitrogens with zero attached hydrogens (tertiary/aromatic N) is 3. The average Bonchev–Trinajstić information content (AvgIpc) is 3.25. The van der Waals surface area contributed by atoms with Gasteiger partial charge in [0, 0.05) is 35.5 Å². The minimum atomic E-state index is -1.05. The number of hydrogen-bond acceptors (Lipinski definition) is 6. The first-order valence-electron chi connectivity index (χ1n) is 10.9. The number of fused-ring (bicyclic) bond motifs is 1. The number of benzene rings is 1. The zero-order valence-electron chi connectivity index (χ0n) is 18.7. The van der Waals surface area contributed by atoms with Crippen LogP contribution in [-0.4, -0.2) is 51.2 Å². The lowest BCUT2D eigenvalue weighted by molar-refractivity contribution is 0.182. The Morgan fingerprint density at radius 2 is 2.09 bits per heavy atom. The van der Waals surface area contributed by atoms with E-state index in [0.29, 0.717) is 18.8 Å². The van der Waals surface area contributed by atoms with Crippen molar-refractivity contribution >= 4 is 22.8 Å². The Labute approximate surface area is 187 Å². The van der Waals surface area contributed by atoms with Crippen molar-refractivity contribution < 1.29 is 14.6 Å². The molecule has 1 saturated heterocycles. The molecule has 1 fully saturated rings. The molecule has 1 aliphatic rings. The average molecular weight is 436 g/mol. The summed E-state index contributed by atoms with van der Waals surface area (Å²) in [6.07, 6.45) is 4.95. The monoisotopic (exact) mass is 435 g/mol. The minimum Gasteiger partial charge on any atom is -0.465 e. The van der Waals surface area contributed by atoms with Gasteiger partial charge in [0.05, 0.1) is 18.2 Å². The van der Waals surface area contributed by atoms with Crippen LogP contribution in [-0.2, 0) is 17.6 Å². The topological polar surface area (TPSA) is 109 Å². The second kappa shape index (κ2) is 9.08. The SMILES string of the molecule is CCc1ccncc1-c1cc(CC(C)(C)NC(=O)O)c2nnc(NC3CCOC3)cc2c1. The van der Waals surface area contributed by atoms with E-state index in [1.807, 2.05) is 32.2 Å². The van der Waals surface area contributed by atoms with Gasteiger partial charge in [0.15, 0.2) is 0 Å². The molecule has 32 heavy (non-hydrogen) atoms. The fourth-order valence-corrected chi connectivity index (χ4v) is 4.25. The summed E-state index contributed by atoms with van der Waals surface area (Å²) in [5.74, 6) is 0.709. The molecular weight excluding hydrogens is 406 g/mol. The molecule has 3 heterocycles. The van der Waals surface area contributed by atoms with Gasteiger partial charge >= 0.3 is 6.09 Å². The van der Waals surface area contributed by atoms with Crippen LogP contribution < -0.4 is 10.6 Å². The van der Waals surface area contributed by atoms with Crippen LogP contribution in [0.15, 0.2) is 36.7 Å². The summed E-state index contributed by atoms with van der Waals surface area (Å²) >= 11 is 0. The largest absolute Gasteiger partial charge is 0.465 e. The third kappa shape index (κ3) is 4.96. The maximum Gasteiger partial charge on any atom is 0.405 e. The van der Waals surface area contributed by atoms with Crippen molar-refractivity contribution in [2.75, 3.05) is 18.5 Å². The van der Waals surface area contributed by atoms with E-state index in [9.17, 15) is 9.90 Å². The summed E-state index contributed by atoms with van der Waals surface area (Å²) in [5, 5.41) is 25.1. The molecule has 3 N–H and O–H groups in total. The van der Waals surface area contributed by atoms with Crippen molar-refractivity contribution in [3.05, 3.63) is 47.8 Å². The number of aryl methyl sites for hydroxylation is 1. The molecular formula is C24H29N5O3. The van der Waals surface area contributed by atoms with Crippen molar-refractivity contribution in [2.24, 2.45) is 0 Å². The number of amides is 1. The number of pyridine rings is 1. The van der Waals surface area contributed by atoms with E-state index >= 15 is 0 Å². The van der Waals surface area contributed by atoms with E-state index in [1.54, 1.807) is 6.20 Å². The quantitative estimate of drug-likeness (QED) is 0.514. The zero-order valence-corrected chi connectivity index (χ0v) is 18.7. The first kappa shape index (κ1) is 22.0. The van der Waals surface area contributed by atoms with Gasteiger partial charge in [-0.15, -0.1) is 10.2 Å². The molecule has 8 heteroatoms. The van der Waals surface area contributed by atoms with Gasteiger partial charge in [-0.05, 0) is 74.1 Å². The highest BCUT2D eigenvalue weighted by Crippen LogP contribution is 2.31. The Hall–Kier alpha value is -3.26. The van der Waals surface area contributed by atoms with Crippen LogP contribution in [0.3, 0.4) is 0 Å². The lowest BCUT2D eigenvalue weighted by Crippen LogP contribution is -2.44. The predicted molar refractivity (Wildman–Crippen MR) is 124 cm³/mol. The van der Waals surface area contributed by atoms with Crippen LogP contribution >= 0.6 is 0 Å². The number of nitrogens with one attached hydrogen (secondary N) is 2. The van der Waals surface area contributed by atoms with Crippen LogP contribution in [0.4, 0.5) is 10.6 Å². The highest BCUT2D eigenvalue weighted by atomic mass is 16.5. The molecule has 0 aliphatic carbocycles. The van der Waals surface area contributed by atoms with E-state index in [1.165, 1.54) is 5.56 Å². The molecule has 8 nitrogen and oxygen atoms in total. The van der Waals surface area contributed by atoms with Gasteiger partial charge in [-0.1, -0.05) is 6.92 Å². The molecule has 0 spiro atoms. The number of carboxylic acid groups (broad SMARTS) is 1.